The highest BCUT2D eigenvalue weighted by atomic mass is 16.5. The highest BCUT2D eigenvalue weighted by molar-refractivity contribution is 5.99. The van der Waals surface area contributed by atoms with Crippen LogP contribution in [0, 0.1) is 0 Å². The number of benzene rings is 2. The number of nitrogens with one attached hydrogen (secondary N) is 1. The van der Waals surface area contributed by atoms with Crippen molar-refractivity contribution in [3.8, 4) is 16.9 Å². The average Bonchev–Trinajstić information content (AvgIpc) is 3.21. The average molecular weight is 376 g/mol. The molecule has 6 heteroatoms. The van der Waals surface area contributed by atoms with Crippen molar-refractivity contribution >= 4 is 5.91 Å². The Balaban J connectivity index is 1.54. The lowest BCUT2D eigenvalue weighted by Gasteiger charge is -2.26. The standard InChI is InChI=1S/C22H24N4O2/c27-22(23-11-12-25-13-15-28-16-14-25)20-17-26(19-9-5-2-6-10-19)24-21(20)18-7-3-1-4-8-18/h1-10,17H,11-16H2,(H,23,27). The number of rotatable bonds is 6. The third kappa shape index (κ3) is 4.30. The molecule has 0 saturated carbocycles. The second-order valence-electron chi connectivity index (χ2n) is 6.75. The van der Waals surface area contributed by atoms with E-state index < -0.39 is 0 Å². The molecule has 6 nitrogen and oxygen atoms in total. The van der Waals surface area contributed by atoms with Crippen LogP contribution in [-0.4, -0.2) is 60.0 Å². The van der Waals surface area contributed by atoms with E-state index >= 15 is 0 Å². The molecule has 1 amide bonds. The van der Waals surface area contributed by atoms with Gasteiger partial charge in [0.15, 0.2) is 0 Å². The number of morpholine rings is 1. The maximum absolute atomic E-state index is 12.9. The Bertz CT molecular complexity index is 903. The molecule has 0 atom stereocenters. The number of hydrogen-bond acceptors (Lipinski definition) is 4. The van der Waals surface area contributed by atoms with Gasteiger partial charge in [0.25, 0.3) is 5.91 Å². The van der Waals surface area contributed by atoms with Crippen LogP contribution in [0.25, 0.3) is 16.9 Å². The van der Waals surface area contributed by atoms with Gasteiger partial charge in [-0.3, -0.25) is 9.69 Å². The molecule has 0 aliphatic carbocycles. The fraction of sp³-hybridized carbons (Fsp3) is 0.273. The van der Waals surface area contributed by atoms with Crippen LogP contribution >= 0.6 is 0 Å². The summed E-state index contributed by atoms with van der Waals surface area (Å²) in [5.41, 5.74) is 3.12. The van der Waals surface area contributed by atoms with E-state index in [0.717, 1.165) is 44.1 Å². The second-order valence-corrected chi connectivity index (χ2v) is 6.75. The molecule has 0 radical (unpaired) electrons. The molecule has 0 bridgehead atoms. The van der Waals surface area contributed by atoms with Gasteiger partial charge in [-0.25, -0.2) is 4.68 Å². The highest BCUT2D eigenvalue weighted by Crippen LogP contribution is 2.23. The van der Waals surface area contributed by atoms with Gasteiger partial charge in [0, 0.05) is 37.9 Å². The Hall–Kier alpha value is -2.96. The van der Waals surface area contributed by atoms with Gasteiger partial charge in [0.2, 0.25) is 0 Å². The van der Waals surface area contributed by atoms with Crippen molar-refractivity contribution in [3.63, 3.8) is 0 Å². The number of aromatic nitrogens is 2. The molecule has 1 aromatic heterocycles. The van der Waals surface area contributed by atoms with E-state index in [0.29, 0.717) is 17.8 Å². The van der Waals surface area contributed by atoms with E-state index in [1.165, 1.54) is 0 Å². The van der Waals surface area contributed by atoms with E-state index in [2.05, 4.69) is 10.2 Å². The van der Waals surface area contributed by atoms with Gasteiger partial charge in [-0.05, 0) is 12.1 Å². The van der Waals surface area contributed by atoms with Gasteiger partial charge in [0.1, 0.15) is 5.69 Å². The van der Waals surface area contributed by atoms with Crippen molar-refractivity contribution in [1.29, 1.82) is 0 Å². The molecule has 0 unspecified atom stereocenters. The van der Waals surface area contributed by atoms with Gasteiger partial charge < -0.3 is 10.1 Å². The normalized spacial score (nSPS) is 14.7. The molecular formula is C22H24N4O2. The third-order valence-electron chi connectivity index (χ3n) is 4.84. The first kappa shape index (κ1) is 18.4. The van der Waals surface area contributed by atoms with Crippen LogP contribution in [0.15, 0.2) is 66.9 Å². The lowest BCUT2D eigenvalue weighted by molar-refractivity contribution is 0.0383. The van der Waals surface area contributed by atoms with Crippen molar-refractivity contribution in [3.05, 3.63) is 72.4 Å². The fourth-order valence-electron chi connectivity index (χ4n) is 3.31. The predicted molar refractivity (Wildman–Crippen MR) is 109 cm³/mol. The van der Waals surface area contributed by atoms with Crippen LogP contribution in [0.1, 0.15) is 10.4 Å². The summed E-state index contributed by atoms with van der Waals surface area (Å²) in [6, 6.07) is 19.6. The Kier molecular flexibility index (Phi) is 5.80. The Morgan fingerprint density at radius 3 is 2.39 bits per heavy atom. The molecular weight excluding hydrogens is 352 g/mol. The summed E-state index contributed by atoms with van der Waals surface area (Å²) in [4.78, 5) is 15.2. The van der Waals surface area contributed by atoms with Gasteiger partial charge in [-0.1, -0.05) is 48.5 Å². The van der Waals surface area contributed by atoms with Crippen LogP contribution in [0.2, 0.25) is 0 Å². The first-order valence-corrected chi connectivity index (χ1v) is 9.60. The van der Waals surface area contributed by atoms with Gasteiger partial charge in [0.05, 0.1) is 24.5 Å². The molecule has 144 valence electrons. The van der Waals surface area contributed by atoms with Crippen LogP contribution in [-0.2, 0) is 4.74 Å². The van der Waals surface area contributed by atoms with Crippen molar-refractivity contribution < 1.29 is 9.53 Å². The first-order chi connectivity index (χ1) is 13.8. The monoisotopic (exact) mass is 376 g/mol. The number of hydrogen-bond donors (Lipinski definition) is 1. The van der Waals surface area contributed by atoms with Crippen molar-refractivity contribution in [2.75, 3.05) is 39.4 Å². The van der Waals surface area contributed by atoms with E-state index in [4.69, 9.17) is 9.84 Å². The van der Waals surface area contributed by atoms with Crippen molar-refractivity contribution in [2.24, 2.45) is 0 Å². The SMILES string of the molecule is O=C(NCCN1CCOCC1)c1cn(-c2ccccc2)nc1-c1ccccc1. The minimum atomic E-state index is -0.103. The summed E-state index contributed by atoms with van der Waals surface area (Å²) in [6.07, 6.45) is 1.81. The Morgan fingerprint density at radius 1 is 1.00 bits per heavy atom. The topological polar surface area (TPSA) is 59.4 Å². The lowest BCUT2D eigenvalue weighted by atomic mass is 10.1. The van der Waals surface area contributed by atoms with Crippen molar-refractivity contribution in [1.82, 2.24) is 20.0 Å². The molecule has 1 fully saturated rings. The highest BCUT2D eigenvalue weighted by Gasteiger charge is 2.19. The van der Waals surface area contributed by atoms with Crippen LogP contribution < -0.4 is 5.32 Å². The predicted octanol–water partition coefficient (Wildman–Crippen LogP) is 2.60. The van der Waals surface area contributed by atoms with E-state index in [1.54, 1.807) is 4.68 Å². The molecule has 1 aliphatic heterocycles. The summed E-state index contributed by atoms with van der Waals surface area (Å²) in [7, 11) is 0. The number of carbonyl (C=O) groups excluding carboxylic acids is 1. The summed E-state index contributed by atoms with van der Waals surface area (Å²) in [5, 5.41) is 7.75. The Morgan fingerprint density at radius 2 is 1.68 bits per heavy atom. The zero-order chi connectivity index (χ0) is 19.2. The first-order valence-electron chi connectivity index (χ1n) is 9.60. The van der Waals surface area contributed by atoms with E-state index in [9.17, 15) is 4.79 Å². The number of carbonyl (C=O) groups is 1. The molecule has 1 N–H and O–H groups in total. The number of amides is 1. The summed E-state index contributed by atoms with van der Waals surface area (Å²) < 4.78 is 7.13. The largest absolute Gasteiger partial charge is 0.379 e. The molecule has 3 aromatic rings. The molecule has 1 saturated heterocycles. The van der Waals surface area contributed by atoms with E-state index in [-0.39, 0.29) is 5.91 Å². The molecule has 1 aliphatic rings. The number of para-hydroxylation sites is 1. The summed E-state index contributed by atoms with van der Waals surface area (Å²) in [6.45, 7) is 4.77. The van der Waals surface area contributed by atoms with Gasteiger partial charge >= 0.3 is 0 Å². The van der Waals surface area contributed by atoms with Crippen LogP contribution in [0.5, 0.6) is 0 Å². The summed E-state index contributed by atoms with van der Waals surface area (Å²) >= 11 is 0. The fourth-order valence-corrected chi connectivity index (χ4v) is 3.31. The second kappa shape index (κ2) is 8.82. The van der Waals surface area contributed by atoms with Gasteiger partial charge in [-0.2, -0.15) is 5.10 Å². The molecule has 0 spiro atoms. The minimum Gasteiger partial charge on any atom is -0.379 e. The maximum Gasteiger partial charge on any atom is 0.255 e. The Labute approximate surface area is 164 Å². The summed E-state index contributed by atoms with van der Waals surface area (Å²) in [5.74, 6) is -0.103. The molecule has 4 rings (SSSR count). The third-order valence-corrected chi connectivity index (χ3v) is 4.84. The maximum atomic E-state index is 12.9. The van der Waals surface area contributed by atoms with Crippen LogP contribution in [0.3, 0.4) is 0 Å². The van der Waals surface area contributed by atoms with Crippen LogP contribution in [0.4, 0.5) is 0 Å². The molecule has 2 aromatic carbocycles. The molecule has 28 heavy (non-hydrogen) atoms. The zero-order valence-corrected chi connectivity index (χ0v) is 15.8. The number of ether oxygens (including phenoxy) is 1. The molecule has 2 heterocycles. The smallest absolute Gasteiger partial charge is 0.255 e. The number of nitrogens with zero attached hydrogens (tertiary/aromatic N) is 3. The van der Waals surface area contributed by atoms with E-state index in [1.807, 2.05) is 66.9 Å². The lowest BCUT2D eigenvalue weighted by Crippen LogP contribution is -2.41. The van der Waals surface area contributed by atoms with Gasteiger partial charge in [-0.15, -0.1) is 0 Å². The quantitative estimate of drug-likeness (QED) is 0.718. The zero-order valence-electron chi connectivity index (χ0n) is 15.8. The van der Waals surface area contributed by atoms with Crippen molar-refractivity contribution in [2.45, 2.75) is 0 Å². The minimum absolute atomic E-state index is 0.103.